The highest BCUT2D eigenvalue weighted by Gasteiger charge is 2.25. The Morgan fingerprint density at radius 1 is 1.47 bits per heavy atom. The number of hydrogen-bond acceptors (Lipinski definition) is 3. The van der Waals surface area contributed by atoms with Crippen LogP contribution in [0.1, 0.15) is 49.6 Å². The van der Waals surface area contributed by atoms with Crippen LogP contribution < -0.4 is 0 Å². The maximum Gasteiger partial charge on any atom is 0.223 e. The lowest BCUT2D eigenvalue weighted by atomic mass is 9.85. The molecule has 1 heterocycles. The van der Waals surface area contributed by atoms with E-state index < -0.39 is 0 Å². The molecule has 0 saturated heterocycles. The average molecular weight is 236 g/mol. The maximum atomic E-state index is 11.7. The molecule has 3 heteroatoms. The number of rotatable bonds is 5. The summed E-state index contributed by atoms with van der Waals surface area (Å²) in [6.45, 7) is 2.34. The van der Waals surface area contributed by atoms with Gasteiger partial charge in [-0.2, -0.15) is 0 Å². The van der Waals surface area contributed by atoms with Crippen molar-refractivity contribution in [1.82, 2.24) is 0 Å². The highest BCUT2D eigenvalue weighted by molar-refractivity contribution is 5.94. The third kappa shape index (κ3) is 3.19. The molecule has 0 bridgehead atoms. The molecule has 3 nitrogen and oxygen atoms in total. The van der Waals surface area contributed by atoms with Gasteiger partial charge in [-0.3, -0.25) is 4.79 Å². The van der Waals surface area contributed by atoms with Crippen LogP contribution in [0.5, 0.6) is 0 Å². The Morgan fingerprint density at radius 2 is 2.29 bits per heavy atom. The van der Waals surface area contributed by atoms with Crippen LogP contribution in [-0.4, -0.2) is 18.5 Å². The van der Waals surface area contributed by atoms with E-state index in [2.05, 4.69) is 6.92 Å². The Kier molecular flexibility index (Phi) is 4.37. The molecule has 1 aliphatic carbocycles. The van der Waals surface area contributed by atoms with Gasteiger partial charge in [-0.05, 0) is 30.9 Å². The van der Waals surface area contributed by atoms with E-state index >= 15 is 0 Å². The molecule has 0 aromatic carbocycles. The number of ether oxygens (including phenoxy) is 1. The Hall–Kier alpha value is -1.09. The van der Waals surface area contributed by atoms with Gasteiger partial charge in [-0.25, -0.2) is 0 Å². The number of ketones is 1. The van der Waals surface area contributed by atoms with Gasteiger partial charge in [0.15, 0.2) is 5.76 Å². The van der Waals surface area contributed by atoms with Gasteiger partial charge >= 0.3 is 0 Å². The van der Waals surface area contributed by atoms with Crippen LogP contribution in [0.25, 0.3) is 0 Å². The summed E-state index contributed by atoms with van der Waals surface area (Å²) in [6.07, 6.45) is 7.75. The summed E-state index contributed by atoms with van der Waals surface area (Å²) in [7, 11) is 0. The van der Waals surface area contributed by atoms with E-state index in [0.29, 0.717) is 11.7 Å². The van der Waals surface area contributed by atoms with Crippen LogP contribution in [0.3, 0.4) is 0 Å². The summed E-state index contributed by atoms with van der Waals surface area (Å²) >= 11 is 0. The zero-order valence-electron chi connectivity index (χ0n) is 10.4. The molecule has 1 aromatic rings. The lowest BCUT2D eigenvalue weighted by Gasteiger charge is -2.30. The van der Waals surface area contributed by atoms with Crippen molar-refractivity contribution in [3.8, 4) is 0 Å². The summed E-state index contributed by atoms with van der Waals surface area (Å²) in [5.74, 6) is 0.956. The lowest BCUT2D eigenvalue weighted by molar-refractivity contribution is -0.00648. The van der Waals surface area contributed by atoms with Gasteiger partial charge in [0.1, 0.15) is 6.61 Å². The van der Waals surface area contributed by atoms with Crippen LogP contribution in [-0.2, 0) is 4.74 Å². The molecule has 0 spiro atoms. The van der Waals surface area contributed by atoms with E-state index in [4.69, 9.17) is 9.15 Å². The van der Waals surface area contributed by atoms with E-state index in [9.17, 15) is 4.79 Å². The van der Waals surface area contributed by atoms with Gasteiger partial charge in [0.05, 0.1) is 12.4 Å². The number of Topliss-reactive ketones (excluding diaryl/α,β-unsaturated/α-hetero) is 1. The summed E-state index contributed by atoms with van der Waals surface area (Å²) in [5, 5.41) is 0. The monoisotopic (exact) mass is 236 g/mol. The van der Waals surface area contributed by atoms with Crippen molar-refractivity contribution in [2.45, 2.75) is 45.1 Å². The molecule has 17 heavy (non-hydrogen) atoms. The molecule has 1 aliphatic rings. The van der Waals surface area contributed by atoms with E-state index in [1.807, 2.05) is 0 Å². The first-order valence-electron chi connectivity index (χ1n) is 6.49. The minimum absolute atomic E-state index is 0.0598. The van der Waals surface area contributed by atoms with Gasteiger partial charge < -0.3 is 9.15 Å². The number of carbonyl (C=O) groups is 1. The Bertz CT molecular complexity index is 342. The van der Waals surface area contributed by atoms with Crippen molar-refractivity contribution in [3.05, 3.63) is 24.2 Å². The predicted octanol–water partition coefficient (Wildman–Crippen LogP) is 3.45. The summed E-state index contributed by atoms with van der Waals surface area (Å²) in [4.78, 5) is 11.7. The van der Waals surface area contributed by atoms with Gasteiger partial charge in [-0.15, -0.1) is 0 Å². The van der Waals surface area contributed by atoms with E-state index in [0.717, 1.165) is 12.8 Å². The van der Waals surface area contributed by atoms with Gasteiger partial charge in [-0.1, -0.05) is 26.2 Å². The van der Waals surface area contributed by atoms with Gasteiger partial charge in [0.2, 0.25) is 5.78 Å². The molecule has 1 saturated carbocycles. The molecule has 2 rings (SSSR count). The van der Waals surface area contributed by atoms with Crippen molar-refractivity contribution in [2.75, 3.05) is 6.61 Å². The van der Waals surface area contributed by atoms with Crippen molar-refractivity contribution >= 4 is 5.78 Å². The smallest absolute Gasteiger partial charge is 0.223 e. The fraction of sp³-hybridized carbons (Fsp3) is 0.643. The number of hydrogen-bond donors (Lipinski definition) is 0. The first-order valence-corrected chi connectivity index (χ1v) is 6.49. The van der Waals surface area contributed by atoms with Crippen LogP contribution >= 0.6 is 0 Å². The first-order chi connectivity index (χ1) is 8.31. The van der Waals surface area contributed by atoms with Crippen LogP contribution in [0, 0.1) is 5.92 Å². The quantitative estimate of drug-likeness (QED) is 0.735. The van der Waals surface area contributed by atoms with Crippen LogP contribution in [0.4, 0.5) is 0 Å². The number of carbonyl (C=O) groups excluding carboxylic acids is 1. The summed E-state index contributed by atoms with van der Waals surface area (Å²) in [5.41, 5.74) is 0. The van der Waals surface area contributed by atoms with Crippen LogP contribution in [0.2, 0.25) is 0 Å². The second-order valence-electron chi connectivity index (χ2n) is 4.70. The first kappa shape index (κ1) is 12.4. The third-order valence-electron chi connectivity index (χ3n) is 3.59. The van der Waals surface area contributed by atoms with Crippen molar-refractivity contribution in [3.63, 3.8) is 0 Å². The molecule has 0 N–H and O–H groups in total. The predicted molar refractivity (Wildman–Crippen MR) is 65.0 cm³/mol. The van der Waals surface area contributed by atoms with Crippen molar-refractivity contribution in [2.24, 2.45) is 5.92 Å². The molecule has 1 aromatic heterocycles. The summed E-state index contributed by atoms with van der Waals surface area (Å²) in [6, 6.07) is 3.41. The Balaban J connectivity index is 1.82. The Labute approximate surface area is 102 Å². The molecule has 2 unspecified atom stereocenters. The standard InChI is InChI=1S/C14H20O3/c1-2-11-6-3-4-7-13(11)17-10-12(15)14-8-5-9-16-14/h5,8-9,11,13H,2-4,6-7,10H2,1H3. The fourth-order valence-electron chi connectivity index (χ4n) is 2.55. The average Bonchev–Trinajstić information content (AvgIpc) is 2.90. The molecule has 0 amide bonds. The third-order valence-corrected chi connectivity index (χ3v) is 3.59. The SMILES string of the molecule is CCC1CCCCC1OCC(=O)c1ccco1. The molecule has 0 aliphatic heterocycles. The maximum absolute atomic E-state index is 11.7. The molecule has 0 radical (unpaired) electrons. The fourth-order valence-corrected chi connectivity index (χ4v) is 2.55. The zero-order valence-corrected chi connectivity index (χ0v) is 10.4. The Morgan fingerprint density at radius 3 is 3.00 bits per heavy atom. The normalized spacial score (nSPS) is 24.8. The minimum Gasteiger partial charge on any atom is -0.461 e. The molecule has 2 atom stereocenters. The molecule has 94 valence electrons. The second kappa shape index (κ2) is 6.01. The highest BCUT2D eigenvalue weighted by atomic mass is 16.5. The molecule has 1 fully saturated rings. The number of furan rings is 1. The van der Waals surface area contributed by atoms with E-state index in [1.165, 1.54) is 25.5 Å². The minimum atomic E-state index is -0.0598. The zero-order chi connectivity index (χ0) is 12.1. The van der Waals surface area contributed by atoms with E-state index in [-0.39, 0.29) is 18.5 Å². The highest BCUT2D eigenvalue weighted by Crippen LogP contribution is 2.29. The van der Waals surface area contributed by atoms with Crippen LogP contribution in [0.15, 0.2) is 22.8 Å². The van der Waals surface area contributed by atoms with E-state index in [1.54, 1.807) is 12.1 Å². The van der Waals surface area contributed by atoms with Crippen molar-refractivity contribution in [1.29, 1.82) is 0 Å². The molecular weight excluding hydrogens is 216 g/mol. The lowest BCUT2D eigenvalue weighted by Crippen LogP contribution is -2.29. The van der Waals surface area contributed by atoms with Gasteiger partial charge in [0.25, 0.3) is 0 Å². The molecular formula is C14H20O3. The summed E-state index contributed by atoms with van der Waals surface area (Å²) < 4.78 is 10.8. The second-order valence-corrected chi connectivity index (χ2v) is 4.70. The largest absolute Gasteiger partial charge is 0.461 e. The van der Waals surface area contributed by atoms with Crippen molar-refractivity contribution < 1.29 is 13.9 Å². The van der Waals surface area contributed by atoms with Gasteiger partial charge in [0, 0.05) is 0 Å². The topological polar surface area (TPSA) is 39.4 Å².